The Morgan fingerprint density at radius 1 is 1.35 bits per heavy atom. The summed E-state index contributed by atoms with van der Waals surface area (Å²) in [6.07, 6.45) is 2.56. The van der Waals surface area contributed by atoms with Gasteiger partial charge in [-0.05, 0) is 12.1 Å². The summed E-state index contributed by atoms with van der Waals surface area (Å²) in [6.45, 7) is 0. The molecule has 0 unspecified atom stereocenters. The first kappa shape index (κ1) is 11.9. The molecule has 7 heteroatoms. The van der Waals surface area contributed by atoms with Crippen LogP contribution in [0.25, 0.3) is 5.69 Å². The molecule has 1 N–H and O–H groups in total. The van der Waals surface area contributed by atoms with Crippen molar-refractivity contribution in [1.29, 1.82) is 0 Å². The van der Waals surface area contributed by atoms with Gasteiger partial charge in [0.25, 0.3) is 0 Å². The van der Waals surface area contributed by atoms with Gasteiger partial charge in [-0.1, -0.05) is 23.2 Å². The highest BCUT2D eigenvalue weighted by Crippen LogP contribution is 2.26. The van der Waals surface area contributed by atoms with E-state index in [4.69, 9.17) is 28.3 Å². The van der Waals surface area contributed by atoms with Crippen LogP contribution in [0, 0.1) is 5.82 Å². The van der Waals surface area contributed by atoms with E-state index in [1.807, 2.05) is 0 Å². The fourth-order valence-corrected chi connectivity index (χ4v) is 1.74. The molecular weight excluding hydrogens is 270 g/mol. The Kier molecular flexibility index (Phi) is 3.04. The molecule has 2 aromatic rings. The minimum absolute atomic E-state index is 0.124. The van der Waals surface area contributed by atoms with E-state index >= 15 is 0 Å². The van der Waals surface area contributed by atoms with E-state index in [-0.39, 0.29) is 15.7 Å². The van der Waals surface area contributed by atoms with Crippen LogP contribution >= 0.6 is 23.2 Å². The number of carbonyl (C=O) groups is 1. The zero-order valence-corrected chi connectivity index (χ0v) is 9.71. The first-order chi connectivity index (χ1) is 7.99. The van der Waals surface area contributed by atoms with Gasteiger partial charge < -0.3 is 9.67 Å². The molecule has 1 aromatic carbocycles. The standard InChI is InChI=1S/C10H5Cl2FN2O2/c11-6-1-5(2-7(12)9(6)13)15-3-8(10(16)17)14-4-15/h1-4H,(H,16,17). The predicted octanol–water partition coefficient (Wildman–Crippen LogP) is 3.02. The highest BCUT2D eigenvalue weighted by atomic mass is 35.5. The van der Waals surface area contributed by atoms with Gasteiger partial charge >= 0.3 is 5.97 Å². The monoisotopic (exact) mass is 274 g/mol. The van der Waals surface area contributed by atoms with Gasteiger partial charge in [0.2, 0.25) is 0 Å². The highest BCUT2D eigenvalue weighted by Gasteiger charge is 2.11. The van der Waals surface area contributed by atoms with Crippen molar-refractivity contribution in [2.75, 3.05) is 0 Å². The molecule has 0 aliphatic carbocycles. The second kappa shape index (κ2) is 4.35. The van der Waals surface area contributed by atoms with Crippen LogP contribution in [0.2, 0.25) is 10.0 Å². The van der Waals surface area contributed by atoms with Gasteiger partial charge in [0.1, 0.15) is 6.33 Å². The quantitative estimate of drug-likeness (QED) is 0.857. The van der Waals surface area contributed by atoms with Crippen LogP contribution in [-0.2, 0) is 0 Å². The molecule has 0 saturated carbocycles. The number of halogens is 3. The molecule has 2 rings (SSSR count). The van der Waals surface area contributed by atoms with Crippen molar-refractivity contribution in [1.82, 2.24) is 9.55 Å². The number of nitrogens with zero attached hydrogens (tertiary/aromatic N) is 2. The Labute approximate surface area is 105 Å². The molecule has 0 aliphatic rings. The number of rotatable bonds is 2. The third kappa shape index (κ3) is 2.25. The lowest BCUT2D eigenvalue weighted by atomic mass is 10.3. The van der Waals surface area contributed by atoms with E-state index in [0.29, 0.717) is 5.69 Å². The Balaban J connectivity index is 2.49. The molecule has 0 fully saturated rings. The van der Waals surface area contributed by atoms with Crippen LogP contribution in [-0.4, -0.2) is 20.6 Å². The number of aromatic nitrogens is 2. The van der Waals surface area contributed by atoms with Crippen LogP contribution in [0.5, 0.6) is 0 Å². The number of carboxylic acids is 1. The molecule has 0 atom stereocenters. The van der Waals surface area contributed by atoms with Gasteiger partial charge in [0.15, 0.2) is 11.5 Å². The predicted molar refractivity (Wildman–Crippen MR) is 60.5 cm³/mol. The zero-order valence-electron chi connectivity index (χ0n) is 8.19. The van der Waals surface area contributed by atoms with E-state index in [1.54, 1.807) is 0 Å². The van der Waals surface area contributed by atoms with Crippen LogP contribution < -0.4 is 0 Å². The summed E-state index contributed by atoms with van der Waals surface area (Å²) >= 11 is 11.3. The maximum atomic E-state index is 13.2. The third-order valence-electron chi connectivity index (χ3n) is 2.07. The first-order valence-electron chi connectivity index (χ1n) is 4.41. The summed E-state index contributed by atoms with van der Waals surface area (Å²) in [4.78, 5) is 14.3. The normalized spacial score (nSPS) is 10.5. The number of carboxylic acid groups (broad SMARTS) is 1. The van der Waals surface area contributed by atoms with Gasteiger partial charge in [0, 0.05) is 11.9 Å². The Hall–Kier alpha value is -1.59. The third-order valence-corrected chi connectivity index (χ3v) is 2.62. The fourth-order valence-electron chi connectivity index (χ4n) is 1.27. The van der Waals surface area contributed by atoms with Crippen molar-refractivity contribution in [2.24, 2.45) is 0 Å². The van der Waals surface area contributed by atoms with Crippen molar-refractivity contribution < 1.29 is 14.3 Å². The molecular formula is C10H5Cl2FN2O2. The van der Waals surface area contributed by atoms with Gasteiger partial charge in [-0.15, -0.1) is 0 Å². The number of benzene rings is 1. The second-order valence-corrected chi connectivity index (χ2v) is 4.01. The lowest BCUT2D eigenvalue weighted by Crippen LogP contribution is -1.96. The van der Waals surface area contributed by atoms with Gasteiger partial charge in [0.05, 0.1) is 10.0 Å². The Morgan fingerprint density at radius 3 is 2.41 bits per heavy atom. The Bertz CT molecular complexity index is 575. The summed E-state index contributed by atoms with van der Waals surface area (Å²) in [6, 6.07) is 2.66. The first-order valence-corrected chi connectivity index (χ1v) is 5.17. The number of hydrogen-bond acceptors (Lipinski definition) is 2. The minimum Gasteiger partial charge on any atom is -0.476 e. The number of imidazole rings is 1. The molecule has 4 nitrogen and oxygen atoms in total. The molecule has 88 valence electrons. The highest BCUT2D eigenvalue weighted by molar-refractivity contribution is 6.35. The second-order valence-electron chi connectivity index (χ2n) is 3.19. The SMILES string of the molecule is O=C(O)c1cn(-c2cc(Cl)c(F)c(Cl)c2)cn1. The molecule has 0 radical (unpaired) electrons. The van der Waals surface area contributed by atoms with E-state index in [2.05, 4.69) is 4.98 Å². The van der Waals surface area contributed by atoms with Crippen molar-refractivity contribution in [3.05, 3.63) is 46.2 Å². The molecule has 1 aromatic heterocycles. The molecule has 1 heterocycles. The van der Waals surface area contributed by atoms with E-state index < -0.39 is 11.8 Å². The van der Waals surface area contributed by atoms with E-state index in [1.165, 1.54) is 29.2 Å². The van der Waals surface area contributed by atoms with Crippen molar-refractivity contribution >= 4 is 29.2 Å². The zero-order chi connectivity index (χ0) is 12.6. The minimum atomic E-state index is -1.15. The summed E-state index contributed by atoms with van der Waals surface area (Å²) in [7, 11) is 0. The summed E-state index contributed by atoms with van der Waals surface area (Å²) in [5.74, 6) is -1.86. The molecule has 0 aliphatic heterocycles. The average molecular weight is 275 g/mol. The summed E-state index contributed by atoms with van der Waals surface area (Å²) in [5, 5.41) is 8.43. The molecule has 0 spiro atoms. The molecule has 17 heavy (non-hydrogen) atoms. The van der Waals surface area contributed by atoms with E-state index in [0.717, 1.165) is 0 Å². The van der Waals surface area contributed by atoms with Crippen molar-refractivity contribution in [3.63, 3.8) is 0 Å². The van der Waals surface area contributed by atoms with Crippen LogP contribution in [0.3, 0.4) is 0 Å². The van der Waals surface area contributed by atoms with Crippen molar-refractivity contribution in [3.8, 4) is 5.69 Å². The number of hydrogen-bond donors (Lipinski definition) is 1. The maximum absolute atomic E-state index is 13.2. The van der Waals surface area contributed by atoms with Crippen LogP contribution in [0.4, 0.5) is 4.39 Å². The van der Waals surface area contributed by atoms with E-state index in [9.17, 15) is 9.18 Å². The Morgan fingerprint density at radius 2 is 1.94 bits per heavy atom. The summed E-state index contributed by atoms with van der Waals surface area (Å²) in [5.41, 5.74) is 0.308. The lowest BCUT2D eigenvalue weighted by Gasteiger charge is -2.04. The molecule has 0 bridgehead atoms. The topological polar surface area (TPSA) is 55.1 Å². The smallest absolute Gasteiger partial charge is 0.356 e. The molecule has 0 amide bonds. The van der Waals surface area contributed by atoms with Gasteiger partial charge in [-0.3, -0.25) is 0 Å². The van der Waals surface area contributed by atoms with Crippen LogP contribution in [0.1, 0.15) is 10.5 Å². The lowest BCUT2D eigenvalue weighted by molar-refractivity contribution is 0.0691. The van der Waals surface area contributed by atoms with Crippen molar-refractivity contribution in [2.45, 2.75) is 0 Å². The number of aromatic carboxylic acids is 1. The van der Waals surface area contributed by atoms with Gasteiger partial charge in [-0.2, -0.15) is 0 Å². The molecule has 0 saturated heterocycles. The maximum Gasteiger partial charge on any atom is 0.356 e. The van der Waals surface area contributed by atoms with Gasteiger partial charge in [-0.25, -0.2) is 14.2 Å². The average Bonchev–Trinajstić information content (AvgIpc) is 2.74. The fraction of sp³-hybridized carbons (Fsp3) is 0. The van der Waals surface area contributed by atoms with Crippen LogP contribution in [0.15, 0.2) is 24.7 Å². The largest absolute Gasteiger partial charge is 0.476 e. The summed E-state index contributed by atoms with van der Waals surface area (Å²) < 4.78 is 14.6.